The third kappa shape index (κ3) is 7.27. The van der Waals surface area contributed by atoms with Crippen molar-refractivity contribution in [2.75, 3.05) is 33.5 Å². The second-order valence-corrected chi connectivity index (χ2v) is 13.8. The van der Waals surface area contributed by atoms with Crippen molar-refractivity contribution in [3.63, 3.8) is 0 Å². The number of ether oxygens (including phenoxy) is 3. The van der Waals surface area contributed by atoms with Gasteiger partial charge in [0.05, 0.1) is 47.2 Å². The molecule has 0 aliphatic carbocycles. The minimum atomic E-state index is -5.36. The largest absolute Gasteiger partial charge is 0.497 e. The molecule has 2 unspecified atom stereocenters. The minimum Gasteiger partial charge on any atom is -0.497 e. The topological polar surface area (TPSA) is 139 Å². The maximum absolute atomic E-state index is 14.8. The first-order valence-electron chi connectivity index (χ1n) is 14.1. The van der Waals surface area contributed by atoms with Crippen LogP contribution in [0.2, 0.25) is 0 Å². The summed E-state index contributed by atoms with van der Waals surface area (Å²) in [7, 11) is -0.371. The molecular weight excluding hydrogens is 634 g/mol. The number of hydrogen-bond acceptors (Lipinski definition) is 8. The molecule has 3 aromatic rings. The van der Waals surface area contributed by atoms with Gasteiger partial charge in [0.2, 0.25) is 5.60 Å². The molecule has 0 saturated carbocycles. The van der Waals surface area contributed by atoms with Gasteiger partial charge in [0.25, 0.3) is 5.91 Å². The lowest BCUT2D eigenvalue weighted by molar-refractivity contribution is -0.265. The van der Waals surface area contributed by atoms with Crippen molar-refractivity contribution in [1.82, 2.24) is 15.0 Å². The van der Waals surface area contributed by atoms with Crippen LogP contribution in [0.1, 0.15) is 49.3 Å². The number of carbonyl (C=O) groups excluding carboxylic acids is 1. The number of rotatable bonds is 11. The summed E-state index contributed by atoms with van der Waals surface area (Å²) >= 11 is 0. The predicted molar refractivity (Wildman–Crippen MR) is 161 cm³/mol. The molecule has 0 spiro atoms. The quantitative estimate of drug-likeness (QED) is 0.224. The van der Waals surface area contributed by atoms with Crippen LogP contribution >= 0.6 is 0 Å². The highest BCUT2D eigenvalue weighted by atomic mass is 32.2. The van der Waals surface area contributed by atoms with Crippen LogP contribution in [-0.4, -0.2) is 69.7 Å². The number of aliphatic hydroxyl groups is 2. The summed E-state index contributed by atoms with van der Waals surface area (Å²) in [6.07, 6.45) is -5.36. The summed E-state index contributed by atoms with van der Waals surface area (Å²) in [6, 6.07) is 9.73. The number of methoxy groups -OCH3 is 1. The fourth-order valence-electron chi connectivity index (χ4n) is 4.55. The number of pyridine rings is 1. The van der Waals surface area contributed by atoms with E-state index in [0.717, 1.165) is 18.2 Å². The van der Waals surface area contributed by atoms with Gasteiger partial charge < -0.3 is 29.7 Å². The van der Waals surface area contributed by atoms with E-state index in [1.807, 2.05) is 0 Å². The molecule has 3 atom stereocenters. The van der Waals surface area contributed by atoms with Crippen molar-refractivity contribution >= 4 is 16.9 Å². The fourth-order valence-corrected chi connectivity index (χ4v) is 5.44. The van der Waals surface area contributed by atoms with Crippen LogP contribution in [-0.2, 0) is 22.1 Å². The van der Waals surface area contributed by atoms with E-state index in [0.29, 0.717) is 0 Å². The number of alkyl halides is 3. The molecule has 1 aliphatic rings. The van der Waals surface area contributed by atoms with Crippen molar-refractivity contribution in [1.29, 1.82) is 0 Å². The molecule has 2 heterocycles. The van der Waals surface area contributed by atoms with E-state index in [9.17, 15) is 31.7 Å². The number of nitrogens with one attached hydrogen (secondary N) is 2. The van der Waals surface area contributed by atoms with Crippen molar-refractivity contribution in [3.8, 4) is 28.5 Å². The van der Waals surface area contributed by atoms with Gasteiger partial charge in [-0.2, -0.15) is 13.2 Å². The standard InChI is InChI=1S/C31H35F4N3O7S/c1-28(2,3)46(42)38-29(4)17-45-26-23(29)15-24(37-25(26)18-6-8-20(32)9-7-18)30(41,31(33,34)35)16-36-27(40)19-12-21(43-5)14-22(13-19)44-11-10-39/h6-9,12-15,38-39,41H,10-11,16-17H2,1-5H3,(H,36,40)/t29-,30?,46?/m1/s1. The van der Waals surface area contributed by atoms with Crippen LogP contribution in [0, 0.1) is 5.82 Å². The molecule has 0 fully saturated rings. The second kappa shape index (κ2) is 13.1. The van der Waals surface area contributed by atoms with Gasteiger partial charge >= 0.3 is 6.18 Å². The summed E-state index contributed by atoms with van der Waals surface area (Å²) in [6.45, 7) is 4.82. The zero-order valence-corrected chi connectivity index (χ0v) is 26.6. The number of hydrogen-bond donors (Lipinski definition) is 4. The van der Waals surface area contributed by atoms with E-state index < -0.39 is 57.0 Å². The van der Waals surface area contributed by atoms with Crippen LogP contribution in [0.15, 0.2) is 48.5 Å². The Labute approximate surface area is 265 Å². The summed E-state index contributed by atoms with van der Waals surface area (Å²) in [5, 5.41) is 22.5. The van der Waals surface area contributed by atoms with Crippen LogP contribution in [0.4, 0.5) is 17.6 Å². The molecule has 46 heavy (non-hydrogen) atoms. The first kappa shape index (κ1) is 35.1. The Balaban J connectivity index is 1.80. The highest BCUT2D eigenvalue weighted by molar-refractivity contribution is 7.84. The molecule has 15 heteroatoms. The Hall–Kier alpha value is -3.79. The Kier molecular flexibility index (Phi) is 10.0. The Morgan fingerprint density at radius 2 is 1.76 bits per heavy atom. The van der Waals surface area contributed by atoms with Gasteiger partial charge in [-0.25, -0.2) is 18.3 Å². The Morgan fingerprint density at radius 3 is 2.35 bits per heavy atom. The van der Waals surface area contributed by atoms with Crippen molar-refractivity contribution in [2.24, 2.45) is 0 Å². The number of aliphatic hydroxyl groups excluding tert-OH is 1. The maximum Gasteiger partial charge on any atom is 0.424 e. The van der Waals surface area contributed by atoms with Gasteiger partial charge in [0, 0.05) is 22.8 Å². The number of halogens is 4. The number of aromatic nitrogens is 1. The smallest absolute Gasteiger partial charge is 0.424 e. The van der Waals surface area contributed by atoms with Gasteiger partial charge in [-0.1, -0.05) is 0 Å². The average Bonchev–Trinajstić information content (AvgIpc) is 3.33. The van der Waals surface area contributed by atoms with Crippen LogP contribution in [0.3, 0.4) is 0 Å². The van der Waals surface area contributed by atoms with Gasteiger partial charge in [-0.05, 0) is 70.2 Å². The summed E-state index contributed by atoms with van der Waals surface area (Å²) in [5.41, 5.74) is -5.83. The number of amides is 1. The van der Waals surface area contributed by atoms with Gasteiger partial charge in [-0.15, -0.1) is 0 Å². The summed E-state index contributed by atoms with van der Waals surface area (Å²) < 4.78 is 89.9. The lowest BCUT2D eigenvalue weighted by Crippen LogP contribution is -2.52. The first-order valence-corrected chi connectivity index (χ1v) is 15.2. The van der Waals surface area contributed by atoms with Crippen LogP contribution in [0.25, 0.3) is 11.3 Å². The van der Waals surface area contributed by atoms with Crippen molar-refractivity contribution < 1.29 is 51.0 Å². The predicted octanol–water partition coefficient (Wildman–Crippen LogP) is 4.11. The number of nitrogens with zero attached hydrogens (tertiary/aromatic N) is 1. The fraction of sp³-hybridized carbons (Fsp3) is 0.419. The first-order chi connectivity index (χ1) is 21.4. The second-order valence-electron chi connectivity index (χ2n) is 11.9. The number of fused-ring (bicyclic) bond motifs is 1. The van der Waals surface area contributed by atoms with Crippen molar-refractivity contribution in [3.05, 3.63) is 71.2 Å². The Morgan fingerprint density at radius 1 is 1.11 bits per heavy atom. The van der Waals surface area contributed by atoms with E-state index in [2.05, 4.69) is 15.0 Å². The van der Waals surface area contributed by atoms with Gasteiger partial charge in [0.15, 0.2) is 5.75 Å². The van der Waals surface area contributed by atoms with E-state index in [1.165, 1.54) is 37.4 Å². The third-order valence-corrected chi connectivity index (χ3v) is 8.95. The number of benzene rings is 2. The Bertz CT molecular complexity index is 1620. The number of carbonyl (C=O) groups is 1. The third-order valence-electron chi connectivity index (χ3n) is 7.20. The molecule has 4 N–H and O–H groups in total. The average molecular weight is 670 g/mol. The molecule has 4 rings (SSSR count). The lowest BCUT2D eigenvalue weighted by Gasteiger charge is -2.32. The molecule has 0 saturated heterocycles. The summed E-state index contributed by atoms with van der Waals surface area (Å²) in [4.78, 5) is 17.3. The molecule has 1 aliphatic heterocycles. The van der Waals surface area contributed by atoms with Crippen LogP contribution < -0.4 is 24.2 Å². The zero-order chi connectivity index (χ0) is 34.1. The normalized spacial score (nSPS) is 18.2. The lowest BCUT2D eigenvalue weighted by atomic mass is 9.89. The van der Waals surface area contributed by atoms with E-state index in [1.54, 1.807) is 27.7 Å². The monoisotopic (exact) mass is 669 g/mol. The molecule has 1 amide bonds. The molecule has 0 radical (unpaired) electrons. The minimum absolute atomic E-state index is 0.0663. The van der Waals surface area contributed by atoms with E-state index >= 15 is 0 Å². The molecule has 10 nitrogen and oxygen atoms in total. The zero-order valence-electron chi connectivity index (χ0n) is 25.8. The van der Waals surface area contributed by atoms with Crippen LogP contribution in [0.5, 0.6) is 17.2 Å². The van der Waals surface area contributed by atoms with E-state index in [-0.39, 0.29) is 59.5 Å². The SMILES string of the molecule is COc1cc(OCCO)cc(C(=O)NCC(O)(c2cc3c(c(-c4ccc(F)cc4)n2)OC[C@@]3(C)NS(=O)C(C)(C)C)C(F)(F)F)c1. The van der Waals surface area contributed by atoms with Gasteiger partial charge in [-0.3, -0.25) is 4.79 Å². The highest BCUT2D eigenvalue weighted by Crippen LogP contribution is 2.47. The summed E-state index contributed by atoms with van der Waals surface area (Å²) in [5.74, 6) is -1.24. The van der Waals surface area contributed by atoms with Crippen molar-refractivity contribution in [2.45, 2.75) is 49.8 Å². The molecule has 0 bridgehead atoms. The highest BCUT2D eigenvalue weighted by Gasteiger charge is 2.57. The van der Waals surface area contributed by atoms with Gasteiger partial charge in [0.1, 0.15) is 36.2 Å². The molecular formula is C31H35F4N3O7S. The maximum atomic E-state index is 14.8. The molecule has 1 aromatic heterocycles. The molecule has 250 valence electrons. The van der Waals surface area contributed by atoms with E-state index in [4.69, 9.17) is 19.3 Å². The molecule has 2 aromatic carbocycles.